The average molecular weight is 178 g/mol. The van der Waals surface area contributed by atoms with Gasteiger partial charge < -0.3 is 10.5 Å². The van der Waals surface area contributed by atoms with E-state index in [0.717, 1.165) is 32.1 Å². The van der Waals surface area contributed by atoms with Crippen LogP contribution in [0.5, 0.6) is 0 Å². The van der Waals surface area contributed by atoms with Crippen LogP contribution in [0, 0.1) is 0 Å². The van der Waals surface area contributed by atoms with Crippen molar-refractivity contribution in [1.82, 2.24) is 4.90 Å². The second-order valence-corrected chi connectivity index (χ2v) is 3.33. The van der Waals surface area contributed by atoms with E-state index in [2.05, 4.69) is 17.0 Å². The minimum absolute atomic E-state index is 0.754. The van der Waals surface area contributed by atoms with Crippen molar-refractivity contribution in [2.75, 3.05) is 25.6 Å². The molecule has 0 unspecified atom stereocenters. The van der Waals surface area contributed by atoms with Gasteiger partial charge in [0, 0.05) is 18.8 Å². The molecule has 1 aromatic rings. The summed E-state index contributed by atoms with van der Waals surface area (Å²) in [5.74, 6) is 0. The number of hydrogen-bond donors (Lipinski definition) is 1. The van der Waals surface area contributed by atoms with Gasteiger partial charge in [0.1, 0.15) is 0 Å². The summed E-state index contributed by atoms with van der Waals surface area (Å²) in [5.41, 5.74) is 7.71. The Morgan fingerprint density at radius 3 is 2.69 bits per heavy atom. The van der Waals surface area contributed by atoms with Crippen LogP contribution < -0.4 is 5.73 Å². The monoisotopic (exact) mass is 178 g/mol. The summed E-state index contributed by atoms with van der Waals surface area (Å²) in [4.78, 5) is 2.27. The van der Waals surface area contributed by atoms with E-state index < -0.39 is 0 Å². The highest BCUT2D eigenvalue weighted by molar-refractivity contribution is 5.39. The molecule has 0 atom stereocenters. The van der Waals surface area contributed by atoms with Crippen molar-refractivity contribution in [3.05, 3.63) is 29.8 Å². The van der Waals surface area contributed by atoms with E-state index >= 15 is 0 Å². The Morgan fingerprint density at radius 2 is 2.08 bits per heavy atom. The number of anilines is 1. The van der Waals surface area contributed by atoms with Gasteiger partial charge in [0.05, 0.1) is 13.3 Å². The second-order valence-electron chi connectivity index (χ2n) is 3.33. The molecule has 0 saturated carbocycles. The molecule has 2 rings (SSSR count). The van der Waals surface area contributed by atoms with Gasteiger partial charge in [-0.3, -0.25) is 4.90 Å². The van der Waals surface area contributed by atoms with Crippen molar-refractivity contribution in [3.8, 4) is 0 Å². The largest absolute Gasteiger partial charge is 0.399 e. The van der Waals surface area contributed by atoms with Gasteiger partial charge in [0.15, 0.2) is 0 Å². The quantitative estimate of drug-likeness (QED) is 0.688. The van der Waals surface area contributed by atoms with Gasteiger partial charge in [0.25, 0.3) is 0 Å². The zero-order valence-corrected chi connectivity index (χ0v) is 7.57. The molecule has 1 heterocycles. The van der Waals surface area contributed by atoms with Gasteiger partial charge in [-0.25, -0.2) is 0 Å². The fourth-order valence-electron chi connectivity index (χ4n) is 1.46. The number of nitrogens with zero attached hydrogens (tertiary/aromatic N) is 1. The standard InChI is InChI=1S/C10H14N2O/c11-10-3-1-9(2-4-10)7-12-5-6-13-8-12/h1-4H,5-8,11H2. The number of hydrogen-bond acceptors (Lipinski definition) is 3. The molecule has 0 aromatic heterocycles. The first-order valence-corrected chi connectivity index (χ1v) is 4.49. The third kappa shape index (κ3) is 2.20. The zero-order valence-electron chi connectivity index (χ0n) is 7.57. The van der Waals surface area contributed by atoms with Crippen molar-refractivity contribution in [2.24, 2.45) is 0 Å². The third-order valence-corrected chi connectivity index (χ3v) is 2.21. The molecular weight excluding hydrogens is 164 g/mol. The van der Waals surface area contributed by atoms with E-state index in [4.69, 9.17) is 10.5 Å². The Labute approximate surface area is 78.1 Å². The van der Waals surface area contributed by atoms with Crippen molar-refractivity contribution in [2.45, 2.75) is 6.54 Å². The van der Waals surface area contributed by atoms with Crippen LogP contribution in [0.3, 0.4) is 0 Å². The average Bonchev–Trinajstić information content (AvgIpc) is 2.62. The zero-order chi connectivity index (χ0) is 9.10. The normalized spacial score (nSPS) is 17.8. The molecule has 0 amide bonds. The summed E-state index contributed by atoms with van der Waals surface area (Å²) in [6.07, 6.45) is 0. The maximum absolute atomic E-state index is 5.60. The molecule has 0 spiro atoms. The summed E-state index contributed by atoms with van der Waals surface area (Å²) < 4.78 is 5.25. The van der Waals surface area contributed by atoms with E-state index in [-0.39, 0.29) is 0 Å². The molecule has 1 fully saturated rings. The lowest BCUT2D eigenvalue weighted by molar-refractivity contribution is 0.137. The fraction of sp³-hybridized carbons (Fsp3) is 0.400. The Bertz CT molecular complexity index is 265. The van der Waals surface area contributed by atoms with E-state index in [0.29, 0.717) is 0 Å². The van der Waals surface area contributed by atoms with Crippen LogP contribution >= 0.6 is 0 Å². The molecule has 0 bridgehead atoms. The van der Waals surface area contributed by atoms with Gasteiger partial charge in [-0.15, -0.1) is 0 Å². The lowest BCUT2D eigenvalue weighted by atomic mass is 10.2. The van der Waals surface area contributed by atoms with E-state index in [1.807, 2.05) is 12.1 Å². The van der Waals surface area contributed by atoms with Crippen molar-refractivity contribution >= 4 is 5.69 Å². The fourth-order valence-corrected chi connectivity index (χ4v) is 1.46. The molecule has 3 heteroatoms. The van der Waals surface area contributed by atoms with Crippen LogP contribution in [-0.2, 0) is 11.3 Å². The Kier molecular flexibility index (Phi) is 2.47. The highest BCUT2D eigenvalue weighted by Gasteiger charge is 2.11. The first-order chi connectivity index (χ1) is 6.34. The topological polar surface area (TPSA) is 38.5 Å². The predicted octanol–water partition coefficient (Wildman–Crippen LogP) is 1.06. The number of nitrogens with two attached hydrogens (primary N) is 1. The molecule has 3 nitrogen and oxygen atoms in total. The van der Waals surface area contributed by atoms with E-state index in [1.165, 1.54) is 5.56 Å². The van der Waals surface area contributed by atoms with Gasteiger partial charge in [-0.1, -0.05) is 12.1 Å². The molecule has 13 heavy (non-hydrogen) atoms. The number of nitrogen functional groups attached to an aromatic ring is 1. The maximum Gasteiger partial charge on any atom is 0.0994 e. The molecule has 1 aliphatic heterocycles. The van der Waals surface area contributed by atoms with Gasteiger partial charge in [-0.2, -0.15) is 0 Å². The van der Waals surface area contributed by atoms with Crippen molar-refractivity contribution in [1.29, 1.82) is 0 Å². The number of ether oxygens (including phenoxy) is 1. The van der Waals surface area contributed by atoms with Gasteiger partial charge >= 0.3 is 0 Å². The van der Waals surface area contributed by atoms with Crippen LogP contribution in [0.2, 0.25) is 0 Å². The summed E-state index contributed by atoms with van der Waals surface area (Å²) in [6.45, 7) is 3.60. The first-order valence-electron chi connectivity index (χ1n) is 4.49. The lowest BCUT2D eigenvalue weighted by Gasteiger charge is -2.12. The number of benzene rings is 1. The number of rotatable bonds is 2. The SMILES string of the molecule is Nc1ccc(CN2CCOC2)cc1. The highest BCUT2D eigenvalue weighted by atomic mass is 16.5. The highest BCUT2D eigenvalue weighted by Crippen LogP contribution is 2.10. The van der Waals surface area contributed by atoms with Crippen LogP contribution in [0.4, 0.5) is 5.69 Å². The molecule has 0 radical (unpaired) electrons. The Hall–Kier alpha value is -1.06. The van der Waals surface area contributed by atoms with Crippen molar-refractivity contribution in [3.63, 3.8) is 0 Å². The molecule has 2 N–H and O–H groups in total. The van der Waals surface area contributed by atoms with Crippen LogP contribution in [-0.4, -0.2) is 24.8 Å². The molecule has 0 aliphatic carbocycles. The Morgan fingerprint density at radius 1 is 1.31 bits per heavy atom. The molecule has 1 saturated heterocycles. The summed E-state index contributed by atoms with van der Waals surface area (Å²) in [7, 11) is 0. The maximum atomic E-state index is 5.60. The molecule has 1 aliphatic rings. The molecular formula is C10H14N2O. The van der Waals surface area contributed by atoms with E-state index in [9.17, 15) is 0 Å². The molecule has 1 aromatic carbocycles. The predicted molar refractivity (Wildman–Crippen MR) is 52.1 cm³/mol. The van der Waals surface area contributed by atoms with Crippen LogP contribution in [0.25, 0.3) is 0 Å². The van der Waals surface area contributed by atoms with Gasteiger partial charge in [0.2, 0.25) is 0 Å². The first kappa shape index (κ1) is 8.53. The van der Waals surface area contributed by atoms with Crippen LogP contribution in [0.1, 0.15) is 5.56 Å². The minimum Gasteiger partial charge on any atom is -0.399 e. The summed E-state index contributed by atoms with van der Waals surface area (Å²) in [6, 6.07) is 8.00. The molecule has 70 valence electrons. The van der Waals surface area contributed by atoms with Crippen molar-refractivity contribution < 1.29 is 4.74 Å². The lowest BCUT2D eigenvalue weighted by Crippen LogP contribution is -2.18. The van der Waals surface area contributed by atoms with Crippen LogP contribution in [0.15, 0.2) is 24.3 Å². The smallest absolute Gasteiger partial charge is 0.0994 e. The summed E-state index contributed by atoms with van der Waals surface area (Å²) in [5, 5.41) is 0. The minimum atomic E-state index is 0.754. The summed E-state index contributed by atoms with van der Waals surface area (Å²) >= 11 is 0. The third-order valence-electron chi connectivity index (χ3n) is 2.21. The van der Waals surface area contributed by atoms with Gasteiger partial charge in [-0.05, 0) is 17.7 Å². The second kappa shape index (κ2) is 3.77. The van der Waals surface area contributed by atoms with E-state index in [1.54, 1.807) is 0 Å². The Balaban J connectivity index is 1.97.